The van der Waals surface area contributed by atoms with Gasteiger partial charge in [0, 0.05) is 25.5 Å². The molecule has 1 aromatic rings. The van der Waals surface area contributed by atoms with Crippen molar-refractivity contribution in [1.29, 1.82) is 5.26 Å². The third kappa shape index (κ3) is 2.66. The lowest BCUT2D eigenvalue weighted by molar-refractivity contribution is 0.610. The largest absolute Gasteiger partial charge is 0.355 e. The summed E-state index contributed by atoms with van der Waals surface area (Å²) in [5, 5.41) is 8.90. The van der Waals surface area contributed by atoms with Crippen LogP contribution in [0.1, 0.15) is 32.4 Å². The van der Waals surface area contributed by atoms with Gasteiger partial charge in [0.25, 0.3) is 0 Å². The lowest BCUT2D eigenvalue weighted by Gasteiger charge is -2.25. The summed E-state index contributed by atoms with van der Waals surface area (Å²) in [7, 11) is 1.95. The van der Waals surface area contributed by atoms with E-state index in [9.17, 15) is 0 Å². The lowest BCUT2D eigenvalue weighted by atomic mass is 10.1. The summed E-state index contributed by atoms with van der Waals surface area (Å²) in [6.07, 6.45) is 5.36. The van der Waals surface area contributed by atoms with Crippen molar-refractivity contribution in [3.8, 4) is 6.07 Å². The minimum atomic E-state index is 0.374. The molecule has 0 radical (unpaired) electrons. The van der Waals surface area contributed by atoms with E-state index in [4.69, 9.17) is 5.26 Å². The maximum atomic E-state index is 8.90. The van der Waals surface area contributed by atoms with Gasteiger partial charge in [0.15, 0.2) is 11.5 Å². The average Bonchev–Trinajstić information content (AvgIpc) is 2.28. The summed E-state index contributed by atoms with van der Waals surface area (Å²) < 4.78 is 0. The number of nitriles is 1. The van der Waals surface area contributed by atoms with Crippen molar-refractivity contribution in [2.24, 2.45) is 0 Å². The lowest BCUT2D eigenvalue weighted by Crippen LogP contribution is -2.30. The van der Waals surface area contributed by atoms with Crippen LogP contribution in [-0.4, -0.2) is 23.1 Å². The molecule has 1 atom stereocenters. The number of hydrogen-bond donors (Lipinski definition) is 0. The Labute approximate surface area is 90.6 Å². The zero-order valence-corrected chi connectivity index (χ0v) is 9.44. The summed E-state index contributed by atoms with van der Waals surface area (Å²) in [5.74, 6) is 0.668. The van der Waals surface area contributed by atoms with Crippen LogP contribution in [0.5, 0.6) is 0 Å². The van der Waals surface area contributed by atoms with Crippen LogP contribution in [0.25, 0.3) is 0 Å². The monoisotopic (exact) mass is 204 g/mol. The highest BCUT2D eigenvalue weighted by Crippen LogP contribution is 2.16. The van der Waals surface area contributed by atoms with Gasteiger partial charge in [-0.1, -0.05) is 13.3 Å². The van der Waals surface area contributed by atoms with E-state index >= 15 is 0 Å². The van der Waals surface area contributed by atoms with Crippen LogP contribution in [0.2, 0.25) is 0 Å². The summed E-state index contributed by atoms with van der Waals surface area (Å²) in [5.41, 5.74) is 0.392. The molecule has 1 unspecified atom stereocenters. The maximum Gasteiger partial charge on any atom is 0.183 e. The zero-order chi connectivity index (χ0) is 11.3. The Balaban J connectivity index is 2.91. The average molecular weight is 204 g/mol. The van der Waals surface area contributed by atoms with E-state index in [-0.39, 0.29) is 0 Å². The Morgan fingerprint density at radius 1 is 1.47 bits per heavy atom. The van der Waals surface area contributed by atoms with E-state index in [1.54, 1.807) is 12.4 Å². The minimum absolute atomic E-state index is 0.374. The second kappa shape index (κ2) is 5.30. The number of rotatable bonds is 4. The van der Waals surface area contributed by atoms with E-state index < -0.39 is 0 Å². The van der Waals surface area contributed by atoms with Crippen molar-refractivity contribution < 1.29 is 0 Å². The summed E-state index contributed by atoms with van der Waals surface area (Å²) >= 11 is 0. The zero-order valence-electron chi connectivity index (χ0n) is 9.44. The SMILES string of the molecule is CCCC(C)N(C)c1nccnc1C#N. The molecule has 0 fully saturated rings. The highest BCUT2D eigenvalue weighted by Gasteiger charge is 2.14. The molecule has 0 aliphatic carbocycles. The summed E-state index contributed by atoms with van der Waals surface area (Å²) in [6.45, 7) is 4.27. The van der Waals surface area contributed by atoms with E-state index in [1.165, 1.54) is 0 Å². The normalized spacial score (nSPS) is 11.9. The molecule has 1 rings (SSSR count). The van der Waals surface area contributed by atoms with Crippen LogP contribution in [-0.2, 0) is 0 Å². The van der Waals surface area contributed by atoms with Crippen molar-refractivity contribution in [1.82, 2.24) is 9.97 Å². The summed E-state index contributed by atoms with van der Waals surface area (Å²) in [4.78, 5) is 10.2. The number of aromatic nitrogens is 2. The van der Waals surface area contributed by atoms with Crippen molar-refractivity contribution in [2.45, 2.75) is 32.7 Å². The Kier molecular flexibility index (Phi) is 4.04. The number of nitrogens with zero attached hydrogens (tertiary/aromatic N) is 4. The molecular weight excluding hydrogens is 188 g/mol. The van der Waals surface area contributed by atoms with Gasteiger partial charge in [0.05, 0.1) is 0 Å². The third-order valence-electron chi connectivity index (χ3n) is 2.49. The molecule has 0 N–H and O–H groups in total. The van der Waals surface area contributed by atoms with Gasteiger partial charge in [-0.3, -0.25) is 0 Å². The molecule has 0 spiro atoms. The van der Waals surface area contributed by atoms with Crippen LogP contribution in [0.4, 0.5) is 5.82 Å². The Bertz CT molecular complexity index is 356. The predicted octanol–water partition coefficient (Wildman–Crippen LogP) is 1.97. The molecule has 0 amide bonds. The molecule has 0 aliphatic heterocycles. The van der Waals surface area contributed by atoms with E-state index in [0.717, 1.165) is 12.8 Å². The molecule has 1 aromatic heterocycles. The Morgan fingerprint density at radius 2 is 2.13 bits per heavy atom. The van der Waals surface area contributed by atoms with Crippen molar-refractivity contribution in [3.63, 3.8) is 0 Å². The van der Waals surface area contributed by atoms with Gasteiger partial charge < -0.3 is 4.90 Å². The molecule has 15 heavy (non-hydrogen) atoms. The van der Waals surface area contributed by atoms with E-state index in [0.29, 0.717) is 17.6 Å². The molecule has 0 saturated heterocycles. The second-order valence-corrected chi connectivity index (χ2v) is 3.59. The first-order chi connectivity index (χ1) is 7.20. The van der Waals surface area contributed by atoms with Crippen LogP contribution >= 0.6 is 0 Å². The topological polar surface area (TPSA) is 52.8 Å². The van der Waals surface area contributed by atoms with Crippen LogP contribution in [0.3, 0.4) is 0 Å². The predicted molar refractivity (Wildman–Crippen MR) is 59.5 cm³/mol. The molecule has 0 bridgehead atoms. The van der Waals surface area contributed by atoms with Gasteiger partial charge in [-0.15, -0.1) is 0 Å². The van der Waals surface area contributed by atoms with Crippen molar-refractivity contribution in [3.05, 3.63) is 18.1 Å². The van der Waals surface area contributed by atoms with Crippen LogP contribution < -0.4 is 4.90 Å². The Morgan fingerprint density at radius 3 is 2.73 bits per heavy atom. The fourth-order valence-electron chi connectivity index (χ4n) is 1.49. The second-order valence-electron chi connectivity index (χ2n) is 3.59. The highest BCUT2D eigenvalue weighted by atomic mass is 15.2. The van der Waals surface area contributed by atoms with Crippen molar-refractivity contribution in [2.75, 3.05) is 11.9 Å². The molecule has 0 aliphatic rings. The number of hydrogen-bond acceptors (Lipinski definition) is 4. The fourth-order valence-corrected chi connectivity index (χ4v) is 1.49. The molecule has 4 heteroatoms. The third-order valence-corrected chi connectivity index (χ3v) is 2.49. The van der Waals surface area contributed by atoms with E-state index in [2.05, 4.69) is 29.9 Å². The quantitative estimate of drug-likeness (QED) is 0.752. The fraction of sp³-hybridized carbons (Fsp3) is 0.545. The minimum Gasteiger partial charge on any atom is -0.355 e. The van der Waals surface area contributed by atoms with Gasteiger partial charge in [-0.05, 0) is 13.3 Å². The smallest absolute Gasteiger partial charge is 0.183 e. The summed E-state index contributed by atoms with van der Waals surface area (Å²) in [6, 6.07) is 2.43. The van der Waals surface area contributed by atoms with Crippen LogP contribution in [0.15, 0.2) is 12.4 Å². The first kappa shape index (κ1) is 11.4. The molecule has 0 aromatic carbocycles. The Hall–Kier alpha value is -1.63. The molecular formula is C11H16N4. The highest BCUT2D eigenvalue weighted by molar-refractivity contribution is 5.49. The molecule has 80 valence electrons. The molecule has 4 nitrogen and oxygen atoms in total. The standard InChI is InChI=1S/C11H16N4/c1-4-5-9(2)15(3)11-10(8-12)13-6-7-14-11/h6-7,9H,4-5H2,1-3H3. The van der Waals surface area contributed by atoms with Gasteiger partial charge in [-0.25, -0.2) is 9.97 Å². The van der Waals surface area contributed by atoms with Gasteiger partial charge >= 0.3 is 0 Å². The first-order valence-electron chi connectivity index (χ1n) is 5.14. The van der Waals surface area contributed by atoms with Gasteiger partial charge in [0.2, 0.25) is 0 Å². The maximum absolute atomic E-state index is 8.90. The van der Waals surface area contributed by atoms with Crippen LogP contribution in [0, 0.1) is 11.3 Å². The molecule has 1 heterocycles. The molecule has 0 saturated carbocycles. The first-order valence-corrected chi connectivity index (χ1v) is 5.14. The van der Waals surface area contributed by atoms with Gasteiger partial charge in [0.1, 0.15) is 6.07 Å². The number of anilines is 1. The van der Waals surface area contributed by atoms with Gasteiger partial charge in [-0.2, -0.15) is 5.26 Å². The van der Waals surface area contributed by atoms with Crippen molar-refractivity contribution >= 4 is 5.82 Å². The van der Waals surface area contributed by atoms with E-state index in [1.807, 2.05) is 11.9 Å².